The van der Waals surface area contributed by atoms with Crippen molar-refractivity contribution in [2.45, 2.75) is 83.9 Å². The smallest absolute Gasteiger partial charge is 0.338 e. The molecule has 6 atom stereocenters. The summed E-state index contributed by atoms with van der Waals surface area (Å²) in [6, 6.07) is 0. The van der Waals surface area contributed by atoms with Gasteiger partial charge in [-0.1, -0.05) is 13.0 Å². The van der Waals surface area contributed by atoms with Crippen LogP contribution in [0.25, 0.3) is 0 Å². The van der Waals surface area contributed by atoms with Crippen molar-refractivity contribution in [3.8, 4) is 0 Å². The van der Waals surface area contributed by atoms with Gasteiger partial charge in [-0.3, -0.25) is 4.79 Å². The lowest BCUT2D eigenvalue weighted by atomic mass is 9.82. The van der Waals surface area contributed by atoms with Crippen LogP contribution in [-0.4, -0.2) is 59.6 Å². The molecule has 2 aliphatic heterocycles. The van der Waals surface area contributed by atoms with E-state index in [9.17, 15) is 19.5 Å². The molecule has 3 aliphatic rings. The van der Waals surface area contributed by atoms with Crippen LogP contribution in [0, 0.1) is 5.92 Å². The monoisotopic (exact) mass is 422 g/mol. The average molecular weight is 422 g/mol. The van der Waals surface area contributed by atoms with E-state index in [2.05, 4.69) is 0 Å². The predicted molar refractivity (Wildman–Crippen MR) is 105 cm³/mol. The van der Waals surface area contributed by atoms with Crippen molar-refractivity contribution in [2.24, 2.45) is 5.92 Å². The Hall–Kier alpha value is -2.19. The Kier molecular flexibility index (Phi) is 6.38. The number of carbonyl (C=O) groups excluding carboxylic acids is 3. The molecule has 8 nitrogen and oxygen atoms in total. The van der Waals surface area contributed by atoms with Gasteiger partial charge < -0.3 is 24.1 Å². The van der Waals surface area contributed by atoms with Crippen LogP contribution in [0.5, 0.6) is 0 Å². The van der Waals surface area contributed by atoms with Crippen molar-refractivity contribution in [1.82, 2.24) is 0 Å². The minimum atomic E-state index is -0.814. The SMILES string of the molecule is CC=C(C)C(=O)OC1CC(C)C(O)CCC2(C)OC2C2OC(=O)C(COC(C)=O)=C12. The number of fused-ring (bicyclic) bond motifs is 3. The highest BCUT2D eigenvalue weighted by Crippen LogP contribution is 2.49. The molecule has 0 spiro atoms. The number of esters is 3. The van der Waals surface area contributed by atoms with E-state index in [1.165, 1.54) is 6.92 Å². The van der Waals surface area contributed by atoms with Crippen LogP contribution in [0.3, 0.4) is 0 Å². The Morgan fingerprint density at radius 1 is 1.33 bits per heavy atom. The maximum absolute atomic E-state index is 12.7. The largest absolute Gasteiger partial charge is 0.461 e. The van der Waals surface area contributed by atoms with E-state index in [0.29, 0.717) is 30.4 Å². The Balaban J connectivity index is 2.04. The van der Waals surface area contributed by atoms with Crippen molar-refractivity contribution >= 4 is 17.9 Å². The van der Waals surface area contributed by atoms with Crippen LogP contribution in [0.2, 0.25) is 0 Å². The second kappa shape index (κ2) is 8.51. The first-order valence-corrected chi connectivity index (χ1v) is 10.3. The van der Waals surface area contributed by atoms with Gasteiger partial charge in [-0.05, 0) is 46.0 Å². The Morgan fingerprint density at radius 3 is 2.67 bits per heavy atom. The average Bonchev–Trinajstić information content (AvgIpc) is 3.25. The van der Waals surface area contributed by atoms with Gasteiger partial charge in [-0.15, -0.1) is 0 Å². The molecule has 1 saturated carbocycles. The highest BCUT2D eigenvalue weighted by atomic mass is 16.6. The zero-order chi connectivity index (χ0) is 22.2. The van der Waals surface area contributed by atoms with Gasteiger partial charge >= 0.3 is 17.9 Å². The Morgan fingerprint density at radius 2 is 2.03 bits per heavy atom. The van der Waals surface area contributed by atoms with E-state index in [-0.39, 0.29) is 18.1 Å². The van der Waals surface area contributed by atoms with Crippen molar-refractivity contribution in [2.75, 3.05) is 6.61 Å². The summed E-state index contributed by atoms with van der Waals surface area (Å²) in [5.41, 5.74) is 0.523. The topological polar surface area (TPSA) is 112 Å². The van der Waals surface area contributed by atoms with Crippen LogP contribution < -0.4 is 0 Å². The molecule has 1 saturated heterocycles. The van der Waals surface area contributed by atoms with Crippen LogP contribution in [-0.2, 0) is 33.3 Å². The summed E-state index contributed by atoms with van der Waals surface area (Å²) in [5, 5.41) is 10.6. The van der Waals surface area contributed by atoms with E-state index in [0.717, 1.165) is 0 Å². The summed E-state index contributed by atoms with van der Waals surface area (Å²) >= 11 is 0. The molecule has 3 rings (SSSR count). The lowest BCUT2D eigenvalue weighted by molar-refractivity contribution is -0.144. The van der Waals surface area contributed by atoms with Crippen LogP contribution in [0.4, 0.5) is 0 Å². The summed E-state index contributed by atoms with van der Waals surface area (Å²) in [6.07, 6.45) is 0.543. The summed E-state index contributed by atoms with van der Waals surface area (Å²) in [4.78, 5) is 36.6. The standard InChI is InChI=1S/C22H30O8/c1-6-11(2)20(25)28-16-9-12(3)15(24)7-8-22(5)19(30-22)18-17(16)14(21(26)29-18)10-27-13(4)23/h6,12,15-16,18-19,24H,7-10H2,1-5H3. The molecular weight excluding hydrogens is 392 g/mol. The van der Waals surface area contributed by atoms with Crippen molar-refractivity contribution in [3.63, 3.8) is 0 Å². The first kappa shape index (κ1) is 22.5. The number of epoxide rings is 1. The van der Waals surface area contributed by atoms with E-state index in [1.54, 1.807) is 19.9 Å². The quantitative estimate of drug-likeness (QED) is 0.317. The predicted octanol–water partition coefficient (Wildman–Crippen LogP) is 1.99. The van der Waals surface area contributed by atoms with E-state index in [1.807, 2.05) is 13.8 Å². The Labute approximate surface area is 176 Å². The van der Waals surface area contributed by atoms with Gasteiger partial charge in [0.1, 0.15) is 18.8 Å². The molecule has 0 aromatic rings. The first-order valence-electron chi connectivity index (χ1n) is 10.3. The van der Waals surface area contributed by atoms with Gasteiger partial charge in [-0.2, -0.15) is 0 Å². The van der Waals surface area contributed by atoms with Gasteiger partial charge in [-0.25, -0.2) is 9.59 Å². The van der Waals surface area contributed by atoms with E-state index < -0.39 is 47.9 Å². The molecular formula is C22H30O8. The molecule has 0 bridgehead atoms. The number of ether oxygens (including phenoxy) is 4. The highest BCUT2D eigenvalue weighted by Gasteiger charge is 2.62. The Bertz CT molecular complexity index is 797. The number of hydrogen-bond acceptors (Lipinski definition) is 8. The molecule has 2 fully saturated rings. The van der Waals surface area contributed by atoms with Gasteiger partial charge in [0.05, 0.1) is 17.3 Å². The van der Waals surface area contributed by atoms with Gasteiger partial charge in [0.2, 0.25) is 0 Å². The fourth-order valence-corrected chi connectivity index (χ4v) is 4.09. The molecule has 0 amide bonds. The van der Waals surface area contributed by atoms with Crippen molar-refractivity contribution in [3.05, 3.63) is 22.8 Å². The molecule has 0 aromatic carbocycles. The number of hydrogen-bond donors (Lipinski definition) is 1. The summed E-state index contributed by atoms with van der Waals surface area (Å²) < 4.78 is 22.4. The minimum absolute atomic E-state index is 0.172. The third-order valence-corrected chi connectivity index (χ3v) is 6.30. The first-order chi connectivity index (χ1) is 14.1. The molecule has 1 N–H and O–H groups in total. The van der Waals surface area contributed by atoms with Crippen molar-refractivity contribution in [1.29, 1.82) is 0 Å². The zero-order valence-corrected chi connectivity index (χ0v) is 18.1. The molecule has 30 heavy (non-hydrogen) atoms. The molecule has 1 aliphatic carbocycles. The summed E-state index contributed by atoms with van der Waals surface area (Å²) in [5.74, 6) is -1.86. The second-order valence-electron chi connectivity index (χ2n) is 8.58. The summed E-state index contributed by atoms with van der Waals surface area (Å²) in [7, 11) is 0. The molecule has 6 unspecified atom stereocenters. The van der Waals surface area contributed by atoms with E-state index in [4.69, 9.17) is 18.9 Å². The van der Waals surface area contributed by atoms with Gasteiger partial charge in [0.15, 0.2) is 6.10 Å². The van der Waals surface area contributed by atoms with Gasteiger partial charge in [0.25, 0.3) is 0 Å². The molecule has 0 aromatic heterocycles. The molecule has 8 heteroatoms. The van der Waals surface area contributed by atoms with E-state index >= 15 is 0 Å². The third-order valence-electron chi connectivity index (χ3n) is 6.30. The molecule has 2 heterocycles. The van der Waals surface area contributed by atoms with Gasteiger partial charge in [0, 0.05) is 18.1 Å². The van der Waals surface area contributed by atoms with Crippen LogP contribution in [0.15, 0.2) is 22.8 Å². The maximum atomic E-state index is 12.7. The lowest BCUT2D eigenvalue weighted by Gasteiger charge is -2.29. The fourth-order valence-electron chi connectivity index (χ4n) is 4.09. The fraction of sp³-hybridized carbons (Fsp3) is 0.682. The zero-order valence-electron chi connectivity index (χ0n) is 18.1. The number of aliphatic hydroxyl groups excluding tert-OH is 1. The number of carbonyl (C=O) groups is 3. The number of allylic oxidation sites excluding steroid dienone is 1. The normalized spacial score (nSPS) is 36.4. The molecule has 166 valence electrons. The number of aliphatic hydroxyl groups is 1. The summed E-state index contributed by atoms with van der Waals surface area (Å²) in [6.45, 7) is 8.15. The van der Waals surface area contributed by atoms with Crippen LogP contribution in [0.1, 0.15) is 53.9 Å². The third kappa shape index (κ3) is 4.44. The van der Waals surface area contributed by atoms with Crippen molar-refractivity contribution < 1.29 is 38.4 Å². The highest BCUT2D eigenvalue weighted by molar-refractivity contribution is 5.94. The second-order valence-corrected chi connectivity index (χ2v) is 8.58. The maximum Gasteiger partial charge on any atom is 0.338 e. The number of rotatable bonds is 4. The minimum Gasteiger partial charge on any atom is -0.461 e. The lowest BCUT2D eigenvalue weighted by Crippen LogP contribution is -2.37. The molecule has 0 radical (unpaired) electrons. The van der Waals surface area contributed by atoms with Crippen LogP contribution >= 0.6 is 0 Å².